The van der Waals surface area contributed by atoms with Crippen molar-refractivity contribution in [3.05, 3.63) is 75.9 Å². The van der Waals surface area contributed by atoms with Crippen LogP contribution >= 0.6 is 0 Å². The Morgan fingerprint density at radius 3 is 2.59 bits per heavy atom. The number of carbonyl (C=O) groups is 1. The number of nitriles is 1. The smallest absolute Gasteiger partial charge is 0.416 e. The average Bonchev–Trinajstić information content (AvgIpc) is 2.66. The summed E-state index contributed by atoms with van der Waals surface area (Å²) in [5, 5.41) is 20.4. The van der Waals surface area contributed by atoms with Crippen LogP contribution in [0.2, 0.25) is 0 Å². The minimum absolute atomic E-state index is 0.0535. The molecule has 0 aromatic heterocycles. The molecular weight excluding hydrogens is 391 g/mol. The SMILES string of the molecule is C=CCN(C)C(=O)c1cc(Oc2ccc(C(F)(F)F)cc2C#N)ccc1[N+](=O)[O-]. The Balaban J connectivity index is 2.46. The van der Waals surface area contributed by atoms with Crippen LogP contribution in [0.3, 0.4) is 0 Å². The molecule has 0 aliphatic carbocycles. The molecule has 0 bridgehead atoms. The second-order valence-corrected chi connectivity index (χ2v) is 5.83. The molecular formula is C19H14F3N3O4. The molecule has 2 aromatic rings. The zero-order valence-electron chi connectivity index (χ0n) is 15.1. The van der Waals surface area contributed by atoms with Gasteiger partial charge in [0.2, 0.25) is 0 Å². The van der Waals surface area contributed by atoms with E-state index in [1.165, 1.54) is 24.1 Å². The molecule has 0 saturated heterocycles. The number of hydrogen-bond acceptors (Lipinski definition) is 5. The van der Waals surface area contributed by atoms with Gasteiger partial charge in [-0.3, -0.25) is 14.9 Å². The lowest BCUT2D eigenvalue weighted by molar-refractivity contribution is -0.385. The Hall–Kier alpha value is -3.87. The standard InChI is InChI=1S/C19H14F3N3O4/c1-3-8-24(2)18(26)15-10-14(5-6-16(15)25(27)28)29-17-7-4-13(19(20,21)22)9-12(17)11-23/h3-7,9-10H,1,8H2,2H3. The minimum atomic E-state index is -4.63. The third kappa shape index (κ3) is 4.90. The first-order valence-electron chi connectivity index (χ1n) is 8.02. The van der Waals surface area contributed by atoms with Gasteiger partial charge in [-0.2, -0.15) is 18.4 Å². The van der Waals surface area contributed by atoms with Crippen molar-refractivity contribution in [1.29, 1.82) is 5.26 Å². The molecule has 0 fully saturated rings. The van der Waals surface area contributed by atoms with Crippen LogP contribution in [-0.4, -0.2) is 29.3 Å². The van der Waals surface area contributed by atoms with Gasteiger partial charge in [-0.05, 0) is 24.3 Å². The Bertz CT molecular complexity index is 1010. The molecule has 0 unspecified atom stereocenters. The van der Waals surface area contributed by atoms with Crippen molar-refractivity contribution >= 4 is 11.6 Å². The lowest BCUT2D eigenvalue weighted by Crippen LogP contribution is -2.27. The summed E-state index contributed by atoms with van der Waals surface area (Å²) in [4.78, 5) is 24.2. The maximum absolute atomic E-state index is 12.8. The number of benzene rings is 2. The van der Waals surface area contributed by atoms with Gasteiger partial charge in [0.15, 0.2) is 0 Å². The quantitative estimate of drug-likeness (QED) is 0.399. The lowest BCUT2D eigenvalue weighted by Gasteiger charge is -2.16. The van der Waals surface area contributed by atoms with Gasteiger partial charge in [0, 0.05) is 25.7 Å². The summed E-state index contributed by atoms with van der Waals surface area (Å²) in [7, 11) is 1.42. The van der Waals surface area contributed by atoms with E-state index < -0.39 is 28.3 Å². The summed E-state index contributed by atoms with van der Waals surface area (Å²) >= 11 is 0. The van der Waals surface area contributed by atoms with Crippen LogP contribution in [0, 0.1) is 21.4 Å². The van der Waals surface area contributed by atoms with E-state index in [1.807, 2.05) is 0 Å². The molecule has 10 heteroatoms. The molecule has 0 atom stereocenters. The predicted octanol–water partition coefficient (Wildman–Crippen LogP) is 4.54. The van der Waals surface area contributed by atoms with Crippen LogP contribution in [0.15, 0.2) is 49.1 Å². The van der Waals surface area contributed by atoms with Gasteiger partial charge in [0.1, 0.15) is 23.1 Å². The van der Waals surface area contributed by atoms with Crippen molar-refractivity contribution in [2.75, 3.05) is 13.6 Å². The van der Waals surface area contributed by atoms with E-state index in [4.69, 9.17) is 10.00 Å². The Kier molecular flexibility index (Phi) is 6.23. The highest BCUT2D eigenvalue weighted by molar-refractivity contribution is 5.98. The number of halogens is 3. The van der Waals surface area contributed by atoms with Crippen LogP contribution in [0.1, 0.15) is 21.5 Å². The third-order valence-electron chi connectivity index (χ3n) is 3.80. The Labute approximate surface area is 163 Å². The number of nitro groups is 1. The fourth-order valence-electron chi connectivity index (χ4n) is 2.40. The number of ether oxygens (including phenoxy) is 1. The molecule has 0 saturated carbocycles. The number of nitro benzene ring substituents is 1. The van der Waals surface area contributed by atoms with Crippen LogP contribution in [0.25, 0.3) is 0 Å². The Morgan fingerprint density at radius 2 is 2.03 bits per heavy atom. The number of rotatable bonds is 6. The van der Waals surface area contributed by atoms with Crippen LogP contribution in [0.4, 0.5) is 18.9 Å². The molecule has 0 heterocycles. The summed E-state index contributed by atoms with van der Waals surface area (Å²) in [6.45, 7) is 3.63. The molecule has 0 N–H and O–H groups in total. The van der Waals surface area contributed by atoms with E-state index in [2.05, 4.69) is 6.58 Å². The highest BCUT2D eigenvalue weighted by atomic mass is 19.4. The number of likely N-dealkylation sites (N-methyl/N-ethyl adjacent to an activating group) is 1. The summed E-state index contributed by atoms with van der Waals surface area (Å²) < 4.78 is 43.8. The Morgan fingerprint density at radius 1 is 1.34 bits per heavy atom. The molecule has 2 aromatic carbocycles. The van der Waals surface area contributed by atoms with E-state index in [0.717, 1.165) is 24.3 Å². The van der Waals surface area contributed by atoms with Crippen LogP contribution < -0.4 is 4.74 Å². The van der Waals surface area contributed by atoms with E-state index in [0.29, 0.717) is 6.07 Å². The largest absolute Gasteiger partial charge is 0.456 e. The maximum atomic E-state index is 12.8. The lowest BCUT2D eigenvalue weighted by atomic mass is 10.1. The summed E-state index contributed by atoms with van der Waals surface area (Å²) in [6.07, 6.45) is -3.20. The van der Waals surface area contributed by atoms with Gasteiger partial charge in [-0.1, -0.05) is 6.08 Å². The molecule has 29 heavy (non-hydrogen) atoms. The zero-order chi connectivity index (χ0) is 21.8. The van der Waals surface area contributed by atoms with Crippen molar-refractivity contribution < 1.29 is 27.6 Å². The first kappa shape index (κ1) is 21.4. The predicted molar refractivity (Wildman–Crippen MR) is 96.5 cm³/mol. The first-order chi connectivity index (χ1) is 13.6. The second-order valence-electron chi connectivity index (χ2n) is 5.83. The van der Waals surface area contributed by atoms with Crippen molar-refractivity contribution in [1.82, 2.24) is 4.90 Å². The van der Waals surface area contributed by atoms with Gasteiger partial charge in [-0.25, -0.2) is 0 Å². The van der Waals surface area contributed by atoms with E-state index in [9.17, 15) is 28.1 Å². The summed E-state index contributed by atoms with van der Waals surface area (Å²) in [6, 6.07) is 7.27. The monoisotopic (exact) mass is 405 g/mol. The molecule has 2 rings (SSSR count). The number of amides is 1. The molecule has 0 aliphatic heterocycles. The van der Waals surface area contributed by atoms with E-state index in [1.54, 1.807) is 6.07 Å². The maximum Gasteiger partial charge on any atom is 0.416 e. The average molecular weight is 405 g/mol. The van der Waals surface area contributed by atoms with Crippen LogP contribution in [0.5, 0.6) is 11.5 Å². The van der Waals surface area contributed by atoms with Crippen molar-refractivity contribution in [2.24, 2.45) is 0 Å². The van der Waals surface area contributed by atoms with Crippen LogP contribution in [-0.2, 0) is 6.18 Å². The van der Waals surface area contributed by atoms with E-state index in [-0.39, 0.29) is 29.2 Å². The highest BCUT2D eigenvalue weighted by Crippen LogP contribution is 2.35. The van der Waals surface area contributed by atoms with Gasteiger partial charge < -0.3 is 9.64 Å². The van der Waals surface area contributed by atoms with Crippen molar-refractivity contribution in [2.45, 2.75) is 6.18 Å². The molecule has 0 radical (unpaired) electrons. The highest BCUT2D eigenvalue weighted by Gasteiger charge is 2.31. The van der Waals surface area contributed by atoms with Gasteiger partial charge in [-0.15, -0.1) is 6.58 Å². The topological polar surface area (TPSA) is 96.5 Å². The van der Waals surface area contributed by atoms with Gasteiger partial charge in [0.25, 0.3) is 11.6 Å². The number of alkyl halides is 3. The molecule has 0 spiro atoms. The number of hydrogen-bond donors (Lipinski definition) is 0. The fourth-order valence-corrected chi connectivity index (χ4v) is 2.40. The second kappa shape index (κ2) is 8.43. The molecule has 7 nitrogen and oxygen atoms in total. The third-order valence-corrected chi connectivity index (χ3v) is 3.80. The number of nitrogens with zero attached hydrogens (tertiary/aromatic N) is 3. The van der Waals surface area contributed by atoms with Gasteiger partial charge >= 0.3 is 6.18 Å². The fraction of sp³-hybridized carbons (Fsp3) is 0.158. The summed E-state index contributed by atoms with van der Waals surface area (Å²) in [5.41, 5.74) is -2.14. The van der Waals surface area contributed by atoms with Crippen molar-refractivity contribution in [3.63, 3.8) is 0 Å². The first-order valence-corrected chi connectivity index (χ1v) is 8.02. The molecule has 1 amide bonds. The van der Waals surface area contributed by atoms with E-state index >= 15 is 0 Å². The van der Waals surface area contributed by atoms with Gasteiger partial charge in [0.05, 0.1) is 16.1 Å². The molecule has 150 valence electrons. The zero-order valence-corrected chi connectivity index (χ0v) is 15.1. The minimum Gasteiger partial charge on any atom is -0.456 e. The normalized spacial score (nSPS) is 10.7. The molecule has 0 aliphatic rings. The van der Waals surface area contributed by atoms with Crippen molar-refractivity contribution in [3.8, 4) is 17.6 Å². The number of carbonyl (C=O) groups excluding carboxylic acids is 1. The summed E-state index contributed by atoms with van der Waals surface area (Å²) in [5.74, 6) is -0.913.